The molecule has 0 unspecified atom stereocenters. The van der Waals surface area contributed by atoms with Gasteiger partial charge in [-0.2, -0.15) is 0 Å². The summed E-state index contributed by atoms with van der Waals surface area (Å²) in [5, 5.41) is 9.21. The smallest absolute Gasteiger partial charge is 0.323 e. The summed E-state index contributed by atoms with van der Waals surface area (Å²) < 4.78 is 5.32. The molecule has 0 heterocycles. The molecule has 0 aromatic heterocycles. The van der Waals surface area contributed by atoms with Crippen molar-refractivity contribution in [2.24, 2.45) is 0 Å². The maximum absolute atomic E-state index is 11.9. The van der Waals surface area contributed by atoms with E-state index in [4.69, 9.17) is 21.4 Å². The van der Waals surface area contributed by atoms with Crippen LogP contribution in [0.25, 0.3) is 0 Å². The van der Waals surface area contributed by atoms with E-state index in [9.17, 15) is 9.59 Å². The molecule has 1 amide bonds. The third-order valence-corrected chi connectivity index (χ3v) is 3.11. The number of halogens is 1. The van der Waals surface area contributed by atoms with Crippen molar-refractivity contribution < 1.29 is 19.4 Å². The second-order valence-corrected chi connectivity index (χ2v) is 4.77. The molecule has 0 saturated heterocycles. The number of rotatable bonds is 6. The van der Waals surface area contributed by atoms with Gasteiger partial charge in [-0.3, -0.25) is 9.59 Å². The van der Waals surface area contributed by atoms with Gasteiger partial charge in [0.1, 0.15) is 12.3 Å². The molecule has 6 heteroatoms. The Morgan fingerprint density at radius 1 is 1.37 bits per heavy atom. The Hall–Kier alpha value is -1.75. The van der Waals surface area contributed by atoms with Crippen LogP contribution in [0, 0.1) is 0 Å². The number of aliphatic carboxylic acids is 1. The lowest BCUT2D eigenvalue weighted by Crippen LogP contribution is -2.40. The fraction of sp³-hybridized carbons (Fsp3) is 0.385. The predicted octanol–water partition coefficient (Wildman–Crippen LogP) is 1.79. The largest absolute Gasteiger partial charge is 0.482 e. The maximum atomic E-state index is 11.9. The molecule has 1 saturated carbocycles. The Labute approximate surface area is 115 Å². The van der Waals surface area contributed by atoms with Gasteiger partial charge in [-0.1, -0.05) is 23.7 Å². The molecule has 1 aromatic rings. The summed E-state index contributed by atoms with van der Waals surface area (Å²) in [4.78, 5) is 24.0. The normalized spacial score (nSPS) is 13.9. The fourth-order valence-electron chi connectivity index (χ4n) is 1.74. The third-order valence-electron chi connectivity index (χ3n) is 2.80. The number of hydrogen-bond acceptors (Lipinski definition) is 3. The van der Waals surface area contributed by atoms with E-state index >= 15 is 0 Å². The number of benzene rings is 1. The summed E-state index contributed by atoms with van der Waals surface area (Å²) in [6.07, 6.45) is 1.70. The van der Waals surface area contributed by atoms with Crippen molar-refractivity contribution in [2.45, 2.75) is 18.9 Å². The summed E-state index contributed by atoms with van der Waals surface area (Å²) in [7, 11) is 0. The van der Waals surface area contributed by atoms with Crippen LogP contribution in [-0.2, 0) is 9.59 Å². The molecular weight excluding hydrogens is 270 g/mol. The van der Waals surface area contributed by atoms with Gasteiger partial charge in [-0.25, -0.2) is 0 Å². The van der Waals surface area contributed by atoms with Gasteiger partial charge in [0, 0.05) is 6.04 Å². The maximum Gasteiger partial charge on any atom is 0.323 e. The molecule has 0 radical (unpaired) electrons. The van der Waals surface area contributed by atoms with Gasteiger partial charge >= 0.3 is 5.97 Å². The van der Waals surface area contributed by atoms with Crippen molar-refractivity contribution in [3.63, 3.8) is 0 Å². The number of carboxylic acids is 1. The highest BCUT2D eigenvalue weighted by atomic mass is 35.5. The Balaban J connectivity index is 1.92. The third kappa shape index (κ3) is 3.86. The van der Waals surface area contributed by atoms with Crippen LogP contribution in [0.2, 0.25) is 5.02 Å². The van der Waals surface area contributed by atoms with Gasteiger partial charge in [-0.15, -0.1) is 0 Å². The minimum atomic E-state index is -1.02. The minimum absolute atomic E-state index is 0.0402. The van der Waals surface area contributed by atoms with Crippen LogP contribution in [0.4, 0.5) is 0 Å². The molecular formula is C13H14ClNO4. The molecule has 1 aliphatic carbocycles. The highest BCUT2D eigenvalue weighted by Gasteiger charge is 2.33. The first-order valence-corrected chi connectivity index (χ1v) is 6.34. The summed E-state index contributed by atoms with van der Waals surface area (Å²) in [6.45, 7) is -0.483. The summed E-state index contributed by atoms with van der Waals surface area (Å²) >= 11 is 5.90. The van der Waals surface area contributed by atoms with E-state index in [0.717, 1.165) is 12.8 Å². The fourth-order valence-corrected chi connectivity index (χ4v) is 1.93. The Bertz CT molecular complexity index is 487. The number of ether oxygens (including phenoxy) is 1. The molecule has 5 nitrogen and oxygen atoms in total. The Morgan fingerprint density at radius 2 is 2.05 bits per heavy atom. The first kappa shape index (κ1) is 13.7. The first-order chi connectivity index (χ1) is 9.08. The standard InChI is InChI=1S/C13H14ClNO4/c14-10-3-1-2-4-11(10)19-8-12(16)15(7-13(17)18)9-5-6-9/h1-4,9H,5-8H2,(H,17,18). The Kier molecular flexibility index (Phi) is 4.27. The van der Waals surface area contributed by atoms with E-state index in [1.54, 1.807) is 24.3 Å². The van der Waals surface area contributed by atoms with Crippen LogP contribution in [0.15, 0.2) is 24.3 Å². The molecule has 1 aliphatic rings. The first-order valence-electron chi connectivity index (χ1n) is 5.96. The summed E-state index contributed by atoms with van der Waals surface area (Å²) in [5.74, 6) is -0.925. The number of hydrogen-bond donors (Lipinski definition) is 1. The zero-order valence-electron chi connectivity index (χ0n) is 10.2. The van der Waals surface area contributed by atoms with E-state index in [-0.39, 0.29) is 25.1 Å². The molecule has 0 bridgehead atoms. The molecule has 0 spiro atoms. The number of carbonyl (C=O) groups excluding carboxylic acids is 1. The van der Waals surface area contributed by atoms with E-state index < -0.39 is 5.97 Å². The lowest BCUT2D eigenvalue weighted by atomic mass is 10.3. The van der Waals surface area contributed by atoms with Crippen molar-refractivity contribution in [2.75, 3.05) is 13.2 Å². The van der Waals surface area contributed by atoms with Crippen molar-refractivity contribution in [3.05, 3.63) is 29.3 Å². The SMILES string of the molecule is O=C(O)CN(C(=O)COc1ccccc1Cl)C1CC1. The zero-order valence-corrected chi connectivity index (χ0v) is 11.0. The predicted molar refractivity (Wildman–Crippen MR) is 69.3 cm³/mol. The van der Waals surface area contributed by atoms with Gasteiger partial charge < -0.3 is 14.7 Å². The zero-order chi connectivity index (χ0) is 13.8. The van der Waals surface area contributed by atoms with Crippen molar-refractivity contribution in [3.8, 4) is 5.75 Å². The van der Waals surface area contributed by atoms with Gasteiger partial charge in [0.05, 0.1) is 5.02 Å². The molecule has 2 rings (SSSR count). The van der Waals surface area contributed by atoms with Crippen molar-refractivity contribution in [1.29, 1.82) is 0 Å². The number of carbonyl (C=O) groups is 2. The highest BCUT2D eigenvalue weighted by molar-refractivity contribution is 6.32. The molecule has 0 atom stereocenters. The molecule has 0 aliphatic heterocycles. The quantitative estimate of drug-likeness (QED) is 0.864. The van der Waals surface area contributed by atoms with Crippen LogP contribution < -0.4 is 4.74 Å². The number of amides is 1. The summed E-state index contributed by atoms with van der Waals surface area (Å²) in [6, 6.07) is 6.88. The lowest BCUT2D eigenvalue weighted by molar-refractivity contribution is -0.145. The molecule has 19 heavy (non-hydrogen) atoms. The lowest BCUT2D eigenvalue weighted by Gasteiger charge is -2.20. The van der Waals surface area contributed by atoms with E-state index in [1.165, 1.54) is 4.90 Å². The summed E-state index contributed by atoms with van der Waals surface area (Å²) in [5.41, 5.74) is 0. The molecule has 1 aromatic carbocycles. The van der Waals surface area contributed by atoms with E-state index in [2.05, 4.69) is 0 Å². The van der Waals surface area contributed by atoms with Gasteiger partial charge in [0.2, 0.25) is 0 Å². The van der Waals surface area contributed by atoms with Gasteiger partial charge in [0.15, 0.2) is 6.61 Å². The van der Waals surface area contributed by atoms with E-state index in [0.29, 0.717) is 10.8 Å². The average molecular weight is 284 g/mol. The van der Waals surface area contributed by atoms with Crippen LogP contribution in [0.3, 0.4) is 0 Å². The van der Waals surface area contributed by atoms with Crippen molar-refractivity contribution >= 4 is 23.5 Å². The van der Waals surface area contributed by atoms with Crippen LogP contribution in [-0.4, -0.2) is 41.1 Å². The van der Waals surface area contributed by atoms with Crippen LogP contribution in [0.5, 0.6) is 5.75 Å². The molecule has 1 N–H and O–H groups in total. The monoisotopic (exact) mass is 283 g/mol. The highest BCUT2D eigenvalue weighted by Crippen LogP contribution is 2.27. The number of nitrogens with zero attached hydrogens (tertiary/aromatic N) is 1. The second-order valence-electron chi connectivity index (χ2n) is 4.37. The van der Waals surface area contributed by atoms with Crippen LogP contribution >= 0.6 is 11.6 Å². The molecule has 102 valence electrons. The minimum Gasteiger partial charge on any atom is -0.482 e. The molecule has 1 fully saturated rings. The number of carboxylic acid groups (broad SMARTS) is 1. The second kappa shape index (κ2) is 5.93. The van der Waals surface area contributed by atoms with Crippen LogP contribution in [0.1, 0.15) is 12.8 Å². The Morgan fingerprint density at radius 3 is 2.63 bits per heavy atom. The van der Waals surface area contributed by atoms with Gasteiger partial charge in [0.25, 0.3) is 5.91 Å². The average Bonchev–Trinajstić information content (AvgIpc) is 3.18. The number of para-hydroxylation sites is 1. The topological polar surface area (TPSA) is 66.8 Å². The van der Waals surface area contributed by atoms with Gasteiger partial charge in [-0.05, 0) is 25.0 Å². The van der Waals surface area contributed by atoms with Crippen molar-refractivity contribution in [1.82, 2.24) is 4.90 Å². The van der Waals surface area contributed by atoms with E-state index in [1.807, 2.05) is 0 Å².